The van der Waals surface area contributed by atoms with Crippen molar-refractivity contribution < 1.29 is 17.9 Å². The smallest absolute Gasteiger partial charge is 0.266 e. The van der Waals surface area contributed by atoms with E-state index in [1.807, 2.05) is 13.1 Å². The molecule has 0 spiro atoms. The predicted molar refractivity (Wildman–Crippen MR) is 144 cm³/mol. The highest BCUT2D eigenvalue weighted by molar-refractivity contribution is 5.88. The molecule has 0 bridgehead atoms. The maximum absolute atomic E-state index is 14.9. The molecule has 38 heavy (non-hydrogen) atoms. The SMILES string of the molecule is CNCCOc1nc2nc(C)nc(N[C@H](C)c3cccc(C(F)F)c3F)c2cc1C1CCN(C(C)C)CC1. The van der Waals surface area contributed by atoms with Gasteiger partial charge in [-0.3, -0.25) is 0 Å². The van der Waals surface area contributed by atoms with Gasteiger partial charge in [-0.2, -0.15) is 4.98 Å². The Morgan fingerprint density at radius 1 is 1.08 bits per heavy atom. The zero-order valence-electron chi connectivity index (χ0n) is 22.7. The lowest BCUT2D eigenvalue weighted by Crippen LogP contribution is -2.38. The van der Waals surface area contributed by atoms with Gasteiger partial charge >= 0.3 is 0 Å². The van der Waals surface area contributed by atoms with Gasteiger partial charge in [0.15, 0.2) is 5.65 Å². The van der Waals surface area contributed by atoms with Crippen LogP contribution < -0.4 is 15.4 Å². The van der Waals surface area contributed by atoms with E-state index < -0.39 is 23.8 Å². The minimum absolute atomic E-state index is 0.147. The maximum Gasteiger partial charge on any atom is 0.266 e. The van der Waals surface area contributed by atoms with Crippen LogP contribution in [0.3, 0.4) is 0 Å². The van der Waals surface area contributed by atoms with Gasteiger partial charge in [-0.05, 0) is 72.7 Å². The number of halogens is 3. The largest absolute Gasteiger partial charge is 0.476 e. The first-order valence-corrected chi connectivity index (χ1v) is 13.2. The summed E-state index contributed by atoms with van der Waals surface area (Å²) < 4.78 is 47.6. The Kier molecular flexibility index (Phi) is 9.04. The number of piperidine rings is 1. The van der Waals surface area contributed by atoms with E-state index in [9.17, 15) is 13.2 Å². The summed E-state index contributed by atoms with van der Waals surface area (Å²) in [7, 11) is 1.87. The summed E-state index contributed by atoms with van der Waals surface area (Å²) in [6.07, 6.45) is -0.934. The highest BCUT2D eigenvalue weighted by Gasteiger charge is 2.27. The Labute approximate surface area is 222 Å². The number of rotatable bonds is 10. The minimum atomic E-state index is -2.89. The van der Waals surface area contributed by atoms with E-state index in [2.05, 4.69) is 39.3 Å². The van der Waals surface area contributed by atoms with E-state index in [1.54, 1.807) is 13.8 Å². The molecule has 1 aliphatic heterocycles. The van der Waals surface area contributed by atoms with Crippen LogP contribution in [0, 0.1) is 12.7 Å². The molecule has 206 valence electrons. The highest BCUT2D eigenvalue weighted by Crippen LogP contribution is 2.37. The van der Waals surface area contributed by atoms with Gasteiger partial charge in [-0.1, -0.05) is 18.2 Å². The summed E-state index contributed by atoms with van der Waals surface area (Å²) in [4.78, 5) is 16.4. The lowest BCUT2D eigenvalue weighted by atomic mass is 9.89. The molecule has 2 aromatic heterocycles. The number of benzene rings is 1. The molecule has 1 aromatic carbocycles. The van der Waals surface area contributed by atoms with Crippen molar-refractivity contribution in [3.63, 3.8) is 0 Å². The third-order valence-electron chi connectivity index (χ3n) is 7.20. The average molecular weight is 531 g/mol. The van der Waals surface area contributed by atoms with Crippen molar-refractivity contribution >= 4 is 16.9 Å². The Morgan fingerprint density at radius 2 is 1.79 bits per heavy atom. The van der Waals surface area contributed by atoms with Crippen molar-refractivity contribution in [2.24, 2.45) is 0 Å². The number of aromatic nitrogens is 3. The van der Waals surface area contributed by atoms with Crippen molar-refractivity contribution in [3.05, 3.63) is 52.6 Å². The van der Waals surface area contributed by atoms with Crippen molar-refractivity contribution in [1.82, 2.24) is 25.2 Å². The fourth-order valence-electron chi connectivity index (χ4n) is 5.01. The van der Waals surface area contributed by atoms with E-state index >= 15 is 0 Å². The number of anilines is 1. The first kappa shape index (κ1) is 28.0. The van der Waals surface area contributed by atoms with Gasteiger partial charge in [-0.15, -0.1) is 0 Å². The molecule has 3 heterocycles. The van der Waals surface area contributed by atoms with Gasteiger partial charge in [0.25, 0.3) is 6.43 Å². The number of fused-ring (bicyclic) bond motifs is 1. The Bertz CT molecular complexity index is 1250. The van der Waals surface area contributed by atoms with E-state index in [0.29, 0.717) is 47.7 Å². The van der Waals surface area contributed by atoms with Crippen LogP contribution in [0.1, 0.15) is 74.5 Å². The molecule has 0 radical (unpaired) electrons. The second-order valence-electron chi connectivity index (χ2n) is 10.1. The van der Waals surface area contributed by atoms with Gasteiger partial charge < -0.3 is 20.3 Å². The van der Waals surface area contributed by atoms with Gasteiger partial charge in [0.05, 0.1) is 17.0 Å². The van der Waals surface area contributed by atoms with Crippen molar-refractivity contribution in [2.45, 2.75) is 65.0 Å². The van der Waals surface area contributed by atoms with Crippen molar-refractivity contribution in [2.75, 3.05) is 38.6 Å². The summed E-state index contributed by atoms with van der Waals surface area (Å²) >= 11 is 0. The standard InChI is InChI=1S/C28H37F3N6O/c1-16(2)37-12-9-19(10-13-37)22-15-23-26(33-17(3)20-7-6-8-21(24(20)29)25(30)31)34-18(4)35-27(23)36-28(22)38-14-11-32-5/h6-8,15-17,19,25,32H,9-14H2,1-5H3,(H,33,34,35,36)/t17-/m1/s1. The lowest BCUT2D eigenvalue weighted by Gasteiger charge is -2.35. The molecule has 0 unspecified atom stereocenters. The molecule has 4 rings (SSSR count). The molecular formula is C28H37F3N6O. The third-order valence-corrected chi connectivity index (χ3v) is 7.20. The van der Waals surface area contributed by atoms with Crippen LogP contribution in [0.4, 0.5) is 19.0 Å². The van der Waals surface area contributed by atoms with Gasteiger partial charge in [0.1, 0.15) is 24.1 Å². The number of likely N-dealkylation sites (tertiary alicyclic amines) is 1. The average Bonchev–Trinajstić information content (AvgIpc) is 2.88. The Hall–Kier alpha value is -2.98. The van der Waals surface area contributed by atoms with Crippen LogP contribution in [0.15, 0.2) is 24.3 Å². The topological polar surface area (TPSA) is 75.2 Å². The Morgan fingerprint density at radius 3 is 2.45 bits per heavy atom. The normalized spacial score (nSPS) is 15.9. The van der Waals surface area contributed by atoms with Crippen LogP contribution in [0.25, 0.3) is 11.0 Å². The number of hydrogen-bond acceptors (Lipinski definition) is 7. The minimum Gasteiger partial charge on any atom is -0.476 e. The monoisotopic (exact) mass is 530 g/mol. The van der Waals surface area contributed by atoms with E-state index in [4.69, 9.17) is 9.72 Å². The summed E-state index contributed by atoms with van der Waals surface area (Å²) in [5, 5.41) is 7.02. The molecule has 1 fully saturated rings. The highest BCUT2D eigenvalue weighted by atomic mass is 19.3. The number of pyridine rings is 1. The molecule has 0 aliphatic carbocycles. The van der Waals surface area contributed by atoms with Gasteiger partial charge in [-0.25, -0.2) is 23.1 Å². The number of ether oxygens (including phenoxy) is 1. The first-order chi connectivity index (χ1) is 18.2. The Balaban J connectivity index is 1.72. The number of likely N-dealkylation sites (N-methyl/N-ethyl adjacent to an activating group) is 1. The molecule has 0 amide bonds. The molecule has 2 N–H and O–H groups in total. The molecule has 0 saturated carbocycles. The number of aryl methyl sites for hydroxylation is 1. The van der Waals surface area contributed by atoms with Crippen LogP contribution in [-0.4, -0.2) is 59.2 Å². The molecular weight excluding hydrogens is 493 g/mol. The van der Waals surface area contributed by atoms with Gasteiger partial charge in [0.2, 0.25) is 5.88 Å². The molecule has 7 nitrogen and oxygen atoms in total. The van der Waals surface area contributed by atoms with Crippen LogP contribution >= 0.6 is 0 Å². The van der Waals surface area contributed by atoms with Crippen molar-refractivity contribution in [1.29, 1.82) is 0 Å². The zero-order valence-corrected chi connectivity index (χ0v) is 22.7. The summed E-state index contributed by atoms with van der Waals surface area (Å²) in [6, 6.07) is 5.98. The molecule has 1 atom stereocenters. The first-order valence-electron chi connectivity index (χ1n) is 13.2. The molecule has 1 aliphatic rings. The van der Waals surface area contributed by atoms with E-state index in [-0.39, 0.29) is 11.5 Å². The lowest BCUT2D eigenvalue weighted by molar-refractivity contribution is 0.146. The third kappa shape index (κ3) is 6.18. The van der Waals surface area contributed by atoms with E-state index in [1.165, 1.54) is 12.1 Å². The van der Waals surface area contributed by atoms with Crippen LogP contribution in [0.2, 0.25) is 0 Å². The van der Waals surface area contributed by atoms with Crippen LogP contribution in [-0.2, 0) is 0 Å². The summed E-state index contributed by atoms with van der Waals surface area (Å²) in [5.74, 6) is 0.896. The number of hydrogen-bond donors (Lipinski definition) is 2. The van der Waals surface area contributed by atoms with Crippen molar-refractivity contribution in [3.8, 4) is 5.88 Å². The summed E-state index contributed by atoms with van der Waals surface area (Å²) in [5.41, 5.74) is 1.01. The fourth-order valence-corrected chi connectivity index (χ4v) is 5.01. The number of nitrogens with one attached hydrogen (secondary N) is 2. The van der Waals surface area contributed by atoms with Gasteiger partial charge in [0, 0.05) is 23.7 Å². The maximum atomic E-state index is 14.9. The number of alkyl halides is 2. The fraction of sp³-hybridized carbons (Fsp3) is 0.536. The molecule has 1 saturated heterocycles. The second-order valence-corrected chi connectivity index (χ2v) is 10.1. The predicted octanol–water partition coefficient (Wildman–Crippen LogP) is 5.77. The second kappa shape index (κ2) is 12.3. The summed E-state index contributed by atoms with van der Waals surface area (Å²) in [6.45, 7) is 11.0. The molecule has 10 heteroatoms. The molecule has 3 aromatic rings. The van der Waals surface area contributed by atoms with Crippen LogP contribution in [0.5, 0.6) is 5.88 Å². The quantitative estimate of drug-likeness (QED) is 0.323. The van der Waals surface area contributed by atoms with E-state index in [0.717, 1.165) is 37.6 Å². The zero-order chi connectivity index (χ0) is 27.4. The number of nitrogens with zero attached hydrogens (tertiary/aromatic N) is 4.